The van der Waals surface area contributed by atoms with E-state index in [4.69, 9.17) is 23.2 Å². The molecule has 1 heterocycles. The lowest BCUT2D eigenvalue weighted by molar-refractivity contribution is -0.122. The van der Waals surface area contributed by atoms with Crippen LogP contribution in [-0.4, -0.2) is 15.7 Å². The summed E-state index contributed by atoms with van der Waals surface area (Å²) in [7, 11) is 0. The molecule has 0 spiro atoms. The molecule has 1 atom stereocenters. The van der Waals surface area contributed by atoms with Gasteiger partial charge in [-0.25, -0.2) is 4.68 Å². The molecule has 5 nitrogen and oxygen atoms in total. The first kappa shape index (κ1) is 17.5. The fourth-order valence-corrected chi connectivity index (χ4v) is 2.96. The molecule has 0 unspecified atom stereocenters. The van der Waals surface area contributed by atoms with Crippen LogP contribution in [0.1, 0.15) is 18.5 Å². The van der Waals surface area contributed by atoms with Crippen LogP contribution in [0, 0.1) is 0 Å². The zero-order valence-electron chi connectivity index (χ0n) is 13.4. The Morgan fingerprint density at radius 2 is 1.92 bits per heavy atom. The fraction of sp³-hybridized carbons (Fsp3) is 0.167. The number of aromatic nitrogens is 2. The van der Waals surface area contributed by atoms with Crippen LogP contribution >= 0.6 is 23.2 Å². The van der Waals surface area contributed by atoms with Gasteiger partial charge in [0.2, 0.25) is 5.91 Å². The summed E-state index contributed by atoms with van der Waals surface area (Å²) in [4.78, 5) is 24.3. The summed E-state index contributed by atoms with van der Waals surface area (Å²) >= 11 is 11.5. The van der Waals surface area contributed by atoms with Gasteiger partial charge in [0.25, 0.3) is 5.56 Å². The van der Waals surface area contributed by atoms with Crippen molar-refractivity contribution >= 4 is 39.9 Å². The Labute approximate surface area is 154 Å². The van der Waals surface area contributed by atoms with Gasteiger partial charge in [-0.2, -0.15) is 5.10 Å². The second-order valence-corrected chi connectivity index (χ2v) is 6.41. The van der Waals surface area contributed by atoms with Crippen molar-refractivity contribution in [3.05, 3.63) is 74.6 Å². The first-order chi connectivity index (χ1) is 12.0. The van der Waals surface area contributed by atoms with Gasteiger partial charge in [-0.1, -0.05) is 65.7 Å². The summed E-state index contributed by atoms with van der Waals surface area (Å²) in [6.07, 6.45) is 1.24. The number of fused-ring (bicyclic) bond motifs is 1. The van der Waals surface area contributed by atoms with E-state index in [1.54, 1.807) is 0 Å². The summed E-state index contributed by atoms with van der Waals surface area (Å²) in [5.41, 5.74) is 0.406. The number of rotatable bonds is 4. The highest BCUT2D eigenvalue weighted by Gasteiger charge is 2.15. The van der Waals surface area contributed by atoms with E-state index in [1.165, 1.54) is 6.20 Å². The third-order valence-electron chi connectivity index (χ3n) is 3.90. The minimum Gasteiger partial charge on any atom is -0.348 e. The standard InChI is InChI=1S/C18H15Cl2N3O2/c1-11(13-8-4-6-12-5-2-3-7-14(12)13)22-16(24)10-23-18(25)17(20)15(19)9-21-23/h2-9,11H,10H2,1H3,(H,22,24)/t11-/m0/s1. The molecule has 1 N–H and O–H groups in total. The third-order valence-corrected chi connectivity index (χ3v) is 4.65. The van der Waals surface area contributed by atoms with Crippen molar-refractivity contribution in [2.75, 3.05) is 0 Å². The molecule has 0 aliphatic rings. The number of hydrogen-bond acceptors (Lipinski definition) is 3. The van der Waals surface area contributed by atoms with E-state index in [2.05, 4.69) is 10.4 Å². The smallest absolute Gasteiger partial charge is 0.287 e. The molecule has 0 saturated heterocycles. The average molecular weight is 376 g/mol. The molecule has 128 valence electrons. The Balaban J connectivity index is 1.79. The van der Waals surface area contributed by atoms with Gasteiger partial charge in [0.1, 0.15) is 11.6 Å². The quantitative estimate of drug-likeness (QED) is 0.757. The monoisotopic (exact) mass is 375 g/mol. The van der Waals surface area contributed by atoms with Crippen molar-refractivity contribution in [3.8, 4) is 0 Å². The van der Waals surface area contributed by atoms with Gasteiger partial charge in [-0.05, 0) is 23.3 Å². The Morgan fingerprint density at radius 1 is 1.20 bits per heavy atom. The second-order valence-electron chi connectivity index (χ2n) is 5.63. The van der Waals surface area contributed by atoms with Crippen molar-refractivity contribution in [2.45, 2.75) is 19.5 Å². The van der Waals surface area contributed by atoms with Crippen molar-refractivity contribution in [3.63, 3.8) is 0 Å². The molecule has 25 heavy (non-hydrogen) atoms. The van der Waals surface area contributed by atoms with Crippen LogP contribution in [0.25, 0.3) is 10.8 Å². The average Bonchev–Trinajstić information content (AvgIpc) is 2.61. The molecule has 2 aromatic carbocycles. The van der Waals surface area contributed by atoms with Crippen LogP contribution in [0.15, 0.2) is 53.5 Å². The van der Waals surface area contributed by atoms with E-state index in [9.17, 15) is 9.59 Å². The number of benzene rings is 2. The molecule has 3 rings (SSSR count). The topological polar surface area (TPSA) is 64.0 Å². The minimum atomic E-state index is -0.595. The molecule has 1 aromatic heterocycles. The fourth-order valence-electron chi connectivity index (χ4n) is 2.69. The highest BCUT2D eigenvalue weighted by atomic mass is 35.5. The lowest BCUT2D eigenvalue weighted by Crippen LogP contribution is -2.35. The van der Waals surface area contributed by atoms with Crippen LogP contribution in [0.5, 0.6) is 0 Å². The number of carbonyl (C=O) groups is 1. The van der Waals surface area contributed by atoms with Crippen LogP contribution in [0.3, 0.4) is 0 Å². The Morgan fingerprint density at radius 3 is 2.72 bits per heavy atom. The van der Waals surface area contributed by atoms with E-state index >= 15 is 0 Å². The SMILES string of the molecule is C[C@H](NC(=O)Cn1ncc(Cl)c(Cl)c1=O)c1cccc2ccccc12. The highest BCUT2D eigenvalue weighted by molar-refractivity contribution is 6.41. The molecule has 0 fully saturated rings. The first-order valence-corrected chi connectivity index (χ1v) is 8.41. The van der Waals surface area contributed by atoms with Gasteiger partial charge >= 0.3 is 0 Å². The summed E-state index contributed by atoms with van der Waals surface area (Å²) in [6.45, 7) is 1.66. The van der Waals surface area contributed by atoms with E-state index in [1.807, 2.05) is 49.4 Å². The van der Waals surface area contributed by atoms with E-state index < -0.39 is 5.56 Å². The predicted molar refractivity (Wildman–Crippen MR) is 99.0 cm³/mol. The number of nitrogens with one attached hydrogen (secondary N) is 1. The molecule has 0 radical (unpaired) electrons. The number of amides is 1. The van der Waals surface area contributed by atoms with Crippen molar-refractivity contribution in [1.29, 1.82) is 0 Å². The van der Waals surface area contributed by atoms with Crippen molar-refractivity contribution in [1.82, 2.24) is 15.1 Å². The number of nitrogens with zero attached hydrogens (tertiary/aromatic N) is 2. The molecule has 0 aliphatic carbocycles. The normalized spacial score (nSPS) is 12.1. The molecular formula is C18H15Cl2N3O2. The molecule has 3 aromatic rings. The molecule has 0 saturated carbocycles. The molecule has 0 aliphatic heterocycles. The Bertz CT molecular complexity index is 996. The van der Waals surface area contributed by atoms with Crippen molar-refractivity contribution < 1.29 is 4.79 Å². The lowest BCUT2D eigenvalue weighted by atomic mass is 10.00. The van der Waals surface area contributed by atoms with E-state index in [0.29, 0.717) is 0 Å². The van der Waals surface area contributed by atoms with E-state index in [0.717, 1.165) is 21.0 Å². The number of carbonyl (C=O) groups excluding carboxylic acids is 1. The zero-order valence-corrected chi connectivity index (χ0v) is 14.9. The van der Waals surface area contributed by atoms with Gasteiger partial charge in [0.15, 0.2) is 0 Å². The maximum Gasteiger partial charge on any atom is 0.287 e. The molecule has 7 heteroatoms. The predicted octanol–water partition coefficient (Wildman–Crippen LogP) is 3.58. The summed E-state index contributed by atoms with van der Waals surface area (Å²) in [5, 5.41) is 8.81. The Hall–Kier alpha value is -2.37. The number of hydrogen-bond donors (Lipinski definition) is 1. The van der Waals surface area contributed by atoms with Crippen LogP contribution in [-0.2, 0) is 11.3 Å². The summed E-state index contributed by atoms with van der Waals surface area (Å²) < 4.78 is 0.985. The first-order valence-electron chi connectivity index (χ1n) is 7.65. The van der Waals surface area contributed by atoms with Crippen molar-refractivity contribution in [2.24, 2.45) is 0 Å². The molecular weight excluding hydrogens is 361 g/mol. The van der Waals surface area contributed by atoms with Crippen LogP contribution in [0.4, 0.5) is 0 Å². The summed E-state index contributed by atoms with van der Waals surface area (Å²) in [6, 6.07) is 13.7. The zero-order chi connectivity index (χ0) is 18.0. The van der Waals surface area contributed by atoms with Gasteiger partial charge in [-0.3, -0.25) is 9.59 Å². The largest absolute Gasteiger partial charge is 0.348 e. The van der Waals surface area contributed by atoms with Gasteiger partial charge < -0.3 is 5.32 Å². The second kappa shape index (κ2) is 7.25. The molecule has 1 amide bonds. The van der Waals surface area contributed by atoms with Gasteiger partial charge in [0, 0.05) is 0 Å². The van der Waals surface area contributed by atoms with Gasteiger partial charge in [-0.15, -0.1) is 0 Å². The Kier molecular flexibility index (Phi) is 5.06. The minimum absolute atomic E-state index is 0.0625. The maximum atomic E-state index is 12.3. The lowest BCUT2D eigenvalue weighted by Gasteiger charge is -2.17. The highest BCUT2D eigenvalue weighted by Crippen LogP contribution is 2.24. The maximum absolute atomic E-state index is 12.3. The van der Waals surface area contributed by atoms with Gasteiger partial charge in [0.05, 0.1) is 17.3 Å². The van der Waals surface area contributed by atoms with Crippen LogP contribution < -0.4 is 10.9 Å². The van der Waals surface area contributed by atoms with E-state index in [-0.39, 0.29) is 28.5 Å². The number of halogens is 2. The van der Waals surface area contributed by atoms with Crippen LogP contribution in [0.2, 0.25) is 10.0 Å². The summed E-state index contributed by atoms with van der Waals surface area (Å²) in [5.74, 6) is -0.339. The third kappa shape index (κ3) is 3.67. The molecule has 0 bridgehead atoms.